The Kier molecular flexibility index (Phi) is 6.42. The monoisotopic (exact) mass is 393 g/mol. The molecule has 0 aromatic heterocycles. The van der Waals surface area contributed by atoms with Crippen molar-refractivity contribution in [1.29, 1.82) is 0 Å². The first-order valence-corrected chi connectivity index (χ1v) is 8.89. The van der Waals surface area contributed by atoms with Gasteiger partial charge in [0.25, 0.3) is 5.91 Å². The normalized spacial score (nSPS) is 10.1. The lowest BCUT2D eigenvalue weighted by atomic mass is 10.2. The van der Waals surface area contributed by atoms with Gasteiger partial charge in [-0.15, -0.1) is 0 Å². The van der Waals surface area contributed by atoms with Crippen LogP contribution in [-0.2, 0) is 4.79 Å². The molecule has 3 N–H and O–H groups in total. The van der Waals surface area contributed by atoms with Gasteiger partial charge in [-0.2, -0.15) is 0 Å². The van der Waals surface area contributed by atoms with Crippen molar-refractivity contribution in [3.63, 3.8) is 0 Å². The molecule has 0 fully saturated rings. The predicted octanol–water partition coefficient (Wildman–Crippen LogP) is 4.14. The fourth-order valence-electron chi connectivity index (χ4n) is 2.60. The van der Waals surface area contributed by atoms with E-state index in [-0.39, 0.29) is 24.2 Å². The Morgan fingerprint density at radius 2 is 1.52 bits per heavy atom. The number of ether oxygens (including phenoxy) is 1. The zero-order valence-corrected chi connectivity index (χ0v) is 15.7. The van der Waals surface area contributed by atoms with Crippen molar-refractivity contribution in [3.8, 4) is 5.75 Å². The van der Waals surface area contributed by atoms with Gasteiger partial charge in [-0.3, -0.25) is 9.59 Å². The van der Waals surface area contributed by atoms with E-state index in [9.17, 15) is 14.0 Å². The summed E-state index contributed by atoms with van der Waals surface area (Å²) in [5, 5.41) is 8.43. The van der Waals surface area contributed by atoms with Crippen molar-refractivity contribution in [2.24, 2.45) is 0 Å². The Morgan fingerprint density at radius 3 is 2.21 bits per heavy atom. The third kappa shape index (κ3) is 5.55. The first-order chi connectivity index (χ1) is 14.0. The molecule has 0 atom stereocenters. The summed E-state index contributed by atoms with van der Waals surface area (Å²) >= 11 is 0. The molecule has 3 aromatic rings. The molecule has 6 nitrogen and oxygen atoms in total. The minimum absolute atomic E-state index is 0.0294. The third-order valence-corrected chi connectivity index (χ3v) is 4.08. The highest BCUT2D eigenvalue weighted by atomic mass is 19.1. The first kappa shape index (κ1) is 19.9. The lowest BCUT2D eigenvalue weighted by Gasteiger charge is -2.11. The van der Waals surface area contributed by atoms with E-state index in [1.54, 1.807) is 54.6 Å². The second-order valence-electron chi connectivity index (χ2n) is 6.14. The molecule has 148 valence electrons. The predicted molar refractivity (Wildman–Crippen MR) is 111 cm³/mol. The number of carbonyl (C=O) groups is 2. The Morgan fingerprint density at radius 1 is 0.862 bits per heavy atom. The number of para-hydroxylation sites is 2. The van der Waals surface area contributed by atoms with Gasteiger partial charge >= 0.3 is 0 Å². The molecule has 0 heterocycles. The van der Waals surface area contributed by atoms with Crippen molar-refractivity contribution in [2.45, 2.75) is 0 Å². The standard InChI is InChI=1S/C22H20FN3O3/c1-29-20-5-3-2-4-19(20)26-22(28)15-6-10-18(11-7-15)25-21(27)14-24-17-12-8-16(23)9-13-17/h2-13,24H,14H2,1H3,(H,25,27)(H,26,28). The van der Waals surface area contributed by atoms with Crippen LogP contribution < -0.4 is 20.7 Å². The minimum Gasteiger partial charge on any atom is -0.495 e. The second-order valence-corrected chi connectivity index (χ2v) is 6.14. The van der Waals surface area contributed by atoms with Crippen molar-refractivity contribution in [2.75, 3.05) is 29.6 Å². The number of halogens is 1. The van der Waals surface area contributed by atoms with Crippen molar-refractivity contribution < 1.29 is 18.7 Å². The quantitative estimate of drug-likeness (QED) is 0.564. The number of nitrogens with one attached hydrogen (secondary N) is 3. The van der Waals surface area contributed by atoms with Crippen molar-refractivity contribution >= 4 is 28.9 Å². The summed E-state index contributed by atoms with van der Waals surface area (Å²) in [6.07, 6.45) is 0. The molecule has 0 aliphatic heterocycles. The fraction of sp³-hybridized carbons (Fsp3) is 0.0909. The average Bonchev–Trinajstić information content (AvgIpc) is 2.74. The number of carbonyl (C=O) groups excluding carboxylic acids is 2. The molecule has 0 aliphatic carbocycles. The van der Waals surface area contributed by atoms with Gasteiger partial charge in [0.05, 0.1) is 19.3 Å². The van der Waals surface area contributed by atoms with E-state index in [0.29, 0.717) is 28.4 Å². The summed E-state index contributed by atoms with van der Waals surface area (Å²) in [4.78, 5) is 24.5. The number of rotatable bonds is 7. The van der Waals surface area contributed by atoms with Crippen molar-refractivity contribution in [3.05, 3.63) is 84.2 Å². The maximum atomic E-state index is 12.9. The highest BCUT2D eigenvalue weighted by molar-refractivity contribution is 6.05. The van der Waals surface area contributed by atoms with E-state index in [0.717, 1.165) is 0 Å². The highest BCUT2D eigenvalue weighted by Crippen LogP contribution is 2.23. The summed E-state index contributed by atoms with van der Waals surface area (Å²) in [7, 11) is 1.54. The molecule has 3 aromatic carbocycles. The summed E-state index contributed by atoms with van der Waals surface area (Å²) in [6, 6.07) is 19.4. The zero-order chi connectivity index (χ0) is 20.6. The largest absolute Gasteiger partial charge is 0.495 e. The number of hydrogen-bond acceptors (Lipinski definition) is 4. The number of benzene rings is 3. The van der Waals surface area contributed by atoms with E-state index >= 15 is 0 Å². The van der Waals surface area contributed by atoms with E-state index in [1.807, 2.05) is 6.07 Å². The molecular formula is C22H20FN3O3. The second kappa shape index (κ2) is 9.36. The Hall–Kier alpha value is -3.87. The number of hydrogen-bond donors (Lipinski definition) is 3. The van der Waals surface area contributed by atoms with Gasteiger partial charge in [0.2, 0.25) is 5.91 Å². The van der Waals surface area contributed by atoms with Crippen LogP contribution >= 0.6 is 0 Å². The van der Waals surface area contributed by atoms with Gasteiger partial charge < -0.3 is 20.7 Å². The Labute approximate surface area is 167 Å². The maximum absolute atomic E-state index is 12.9. The van der Waals surface area contributed by atoms with Gasteiger partial charge in [0.1, 0.15) is 11.6 Å². The molecule has 0 unspecified atom stereocenters. The highest BCUT2D eigenvalue weighted by Gasteiger charge is 2.10. The van der Waals surface area contributed by atoms with Gasteiger partial charge in [-0.1, -0.05) is 12.1 Å². The molecule has 2 amide bonds. The summed E-state index contributed by atoms with van der Waals surface area (Å²) in [6.45, 7) is 0.0294. The Bertz CT molecular complexity index is 989. The van der Waals surface area contributed by atoms with Gasteiger partial charge in [-0.05, 0) is 60.7 Å². The van der Waals surface area contributed by atoms with E-state index < -0.39 is 0 Å². The van der Waals surface area contributed by atoms with Crippen LogP contribution in [0.5, 0.6) is 5.75 Å². The molecule has 0 saturated heterocycles. The van der Waals surface area contributed by atoms with Crippen LogP contribution in [0, 0.1) is 5.82 Å². The first-order valence-electron chi connectivity index (χ1n) is 8.89. The summed E-state index contributed by atoms with van der Waals surface area (Å²) < 4.78 is 18.1. The van der Waals surface area contributed by atoms with Crippen LogP contribution in [0.25, 0.3) is 0 Å². The number of amides is 2. The molecule has 3 rings (SSSR count). The minimum atomic E-state index is -0.338. The van der Waals surface area contributed by atoms with Gasteiger partial charge in [0, 0.05) is 16.9 Å². The fourth-order valence-corrected chi connectivity index (χ4v) is 2.60. The van der Waals surface area contributed by atoms with Crippen LogP contribution in [0.3, 0.4) is 0 Å². The number of methoxy groups -OCH3 is 1. The molecule has 0 spiro atoms. The van der Waals surface area contributed by atoms with Crippen LogP contribution in [0.15, 0.2) is 72.8 Å². The molecule has 0 bridgehead atoms. The van der Waals surface area contributed by atoms with E-state index in [4.69, 9.17) is 4.74 Å². The Balaban J connectivity index is 1.54. The van der Waals surface area contributed by atoms with E-state index in [1.165, 1.54) is 19.2 Å². The topological polar surface area (TPSA) is 79.5 Å². The summed E-state index contributed by atoms with van der Waals surface area (Å²) in [5.74, 6) is -0.320. The van der Waals surface area contributed by atoms with Crippen LogP contribution in [0.2, 0.25) is 0 Å². The number of anilines is 3. The van der Waals surface area contributed by atoms with E-state index in [2.05, 4.69) is 16.0 Å². The lowest BCUT2D eigenvalue weighted by molar-refractivity contribution is -0.114. The average molecular weight is 393 g/mol. The van der Waals surface area contributed by atoms with Crippen LogP contribution in [0.1, 0.15) is 10.4 Å². The van der Waals surface area contributed by atoms with Crippen LogP contribution in [-0.4, -0.2) is 25.5 Å². The van der Waals surface area contributed by atoms with Gasteiger partial charge in [0.15, 0.2) is 0 Å². The van der Waals surface area contributed by atoms with Gasteiger partial charge in [-0.25, -0.2) is 4.39 Å². The molecule has 0 radical (unpaired) electrons. The molecule has 29 heavy (non-hydrogen) atoms. The molecule has 0 saturated carbocycles. The molecular weight excluding hydrogens is 373 g/mol. The third-order valence-electron chi connectivity index (χ3n) is 4.08. The SMILES string of the molecule is COc1ccccc1NC(=O)c1ccc(NC(=O)CNc2ccc(F)cc2)cc1. The lowest BCUT2D eigenvalue weighted by Crippen LogP contribution is -2.21. The van der Waals surface area contributed by atoms with Crippen molar-refractivity contribution in [1.82, 2.24) is 0 Å². The molecule has 7 heteroatoms. The zero-order valence-electron chi connectivity index (χ0n) is 15.7. The smallest absolute Gasteiger partial charge is 0.255 e. The summed E-state index contributed by atoms with van der Waals surface area (Å²) in [5.41, 5.74) is 2.22. The van der Waals surface area contributed by atoms with Crippen LogP contribution in [0.4, 0.5) is 21.5 Å². The maximum Gasteiger partial charge on any atom is 0.255 e. The molecule has 0 aliphatic rings.